The SMILES string of the molecule is O=C(NC1CCN(C2CCS(=O)(=O)C2)CC1)c1ccccc1SC(F)F. The van der Waals surface area contributed by atoms with Gasteiger partial charge in [0.1, 0.15) is 0 Å². The molecule has 2 saturated heterocycles. The number of thioether (sulfide) groups is 1. The second-order valence-corrected chi connectivity index (χ2v) is 9.98. The Balaban J connectivity index is 1.54. The lowest BCUT2D eigenvalue weighted by Gasteiger charge is -2.35. The molecule has 0 bridgehead atoms. The van der Waals surface area contributed by atoms with Crippen LogP contribution in [-0.2, 0) is 9.84 Å². The minimum absolute atomic E-state index is 0.0265. The van der Waals surface area contributed by atoms with Crippen LogP contribution >= 0.6 is 11.8 Å². The van der Waals surface area contributed by atoms with Crippen LogP contribution in [0.1, 0.15) is 29.6 Å². The molecule has 1 aromatic carbocycles. The van der Waals surface area contributed by atoms with Crippen LogP contribution in [0.3, 0.4) is 0 Å². The molecular weight excluding hydrogens is 382 g/mol. The third-order valence-corrected chi connectivity index (χ3v) is 7.48. The number of carbonyl (C=O) groups excluding carboxylic acids is 1. The van der Waals surface area contributed by atoms with E-state index in [0.717, 1.165) is 25.9 Å². The molecule has 0 spiro atoms. The molecule has 1 amide bonds. The summed E-state index contributed by atoms with van der Waals surface area (Å²) < 4.78 is 48.5. The van der Waals surface area contributed by atoms with Gasteiger partial charge in [0.25, 0.3) is 11.7 Å². The molecule has 1 unspecified atom stereocenters. The van der Waals surface area contributed by atoms with E-state index >= 15 is 0 Å². The van der Waals surface area contributed by atoms with Crippen molar-refractivity contribution in [2.75, 3.05) is 24.6 Å². The summed E-state index contributed by atoms with van der Waals surface area (Å²) in [6.45, 7) is 1.47. The van der Waals surface area contributed by atoms with E-state index in [1.807, 2.05) is 0 Å². The van der Waals surface area contributed by atoms with Crippen LogP contribution in [0.25, 0.3) is 0 Å². The number of piperidine rings is 1. The zero-order valence-corrected chi connectivity index (χ0v) is 15.9. The van der Waals surface area contributed by atoms with Crippen molar-refractivity contribution in [1.29, 1.82) is 0 Å². The fourth-order valence-electron chi connectivity index (χ4n) is 3.59. The molecule has 2 aliphatic rings. The number of benzene rings is 1. The zero-order valence-electron chi connectivity index (χ0n) is 14.2. The van der Waals surface area contributed by atoms with Gasteiger partial charge in [-0.3, -0.25) is 9.69 Å². The van der Waals surface area contributed by atoms with Crippen LogP contribution in [-0.4, -0.2) is 61.7 Å². The number of nitrogens with zero attached hydrogens (tertiary/aromatic N) is 1. The fourth-order valence-corrected chi connectivity index (χ4v) is 5.99. The van der Waals surface area contributed by atoms with Crippen molar-refractivity contribution < 1.29 is 22.0 Å². The van der Waals surface area contributed by atoms with Crippen LogP contribution in [0.5, 0.6) is 0 Å². The van der Waals surface area contributed by atoms with Crippen LogP contribution in [0, 0.1) is 0 Å². The molecule has 2 fully saturated rings. The van der Waals surface area contributed by atoms with E-state index in [4.69, 9.17) is 0 Å². The molecule has 2 heterocycles. The Hall–Kier alpha value is -1.19. The highest BCUT2D eigenvalue weighted by Gasteiger charge is 2.34. The zero-order chi connectivity index (χ0) is 18.7. The first-order valence-corrected chi connectivity index (χ1v) is 11.3. The number of carbonyl (C=O) groups is 1. The average Bonchev–Trinajstić information content (AvgIpc) is 2.95. The summed E-state index contributed by atoms with van der Waals surface area (Å²) in [7, 11) is -2.90. The number of rotatable bonds is 5. The van der Waals surface area contributed by atoms with Crippen molar-refractivity contribution in [2.24, 2.45) is 0 Å². The van der Waals surface area contributed by atoms with E-state index in [2.05, 4.69) is 10.2 Å². The number of hydrogen-bond donors (Lipinski definition) is 1. The van der Waals surface area contributed by atoms with E-state index in [0.29, 0.717) is 18.2 Å². The number of halogens is 2. The van der Waals surface area contributed by atoms with Crippen molar-refractivity contribution in [1.82, 2.24) is 10.2 Å². The lowest BCUT2D eigenvalue weighted by atomic mass is 10.0. The second kappa shape index (κ2) is 8.22. The maximum atomic E-state index is 12.7. The Morgan fingerprint density at radius 3 is 2.50 bits per heavy atom. The van der Waals surface area contributed by atoms with Crippen molar-refractivity contribution >= 4 is 27.5 Å². The number of sulfone groups is 1. The maximum Gasteiger partial charge on any atom is 0.288 e. The lowest BCUT2D eigenvalue weighted by Crippen LogP contribution is -2.48. The lowest BCUT2D eigenvalue weighted by molar-refractivity contribution is 0.0895. The first-order valence-electron chi connectivity index (χ1n) is 8.63. The molecule has 1 aromatic rings. The second-order valence-electron chi connectivity index (χ2n) is 6.72. The van der Waals surface area contributed by atoms with Crippen LogP contribution in [0.4, 0.5) is 8.78 Å². The van der Waals surface area contributed by atoms with E-state index < -0.39 is 15.6 Å². The molecule has 1 atom stereocenters. The Bertz CT molecular complexity index is 750. The highest BCUT2D eigenvalue weighted by Crippen LogP contribution is 2.28. The van der Waals surface area contributed by atoms with Gasteiger partial charge >= 0.3 is 0 Å². The van der Waals surface area contributed by atoms with Crippen LogP contribution in [0.15, 0.2) is 29.2 Å². The van der Waals surface area contributed by atoms with Crippen LogP contribution < -0.4 is 5.32 Å². The number of hydrogen-bond acceptors (Lipinski definition) is 5. The quantitative estimate of drug-likeness (QED) is 0.764. The largest absolute Gasteiger partial charge is 0.349 e. The van der Waals surface area contributed by atoms with Gasteiger partial charge < -0.3 is 5.32 Å². The van der Waals surface area contributed by atoms with Crippen molar-refractivity contribution in [3.63, 3.8) is 0 Å². The topological polar surface area (TPSA) is 66.5 Å². The Labute approximate surface area is 156 Å². The molecule has 5 nitrogen and oxygen atoms in total. The van der Waals surface area contributed by atoms with Gasteiger partial charge in [-0.2, -0.15) is 8.78 Å². The number of amides is 1. The highest BCUT2D eigenvalue weighted by molar-refractivity contribution is 7.99. The van der Waals surface area contributed by atoms with Gasteiger partial charge in [-0.05, 0) is 31.4 Å². The monoisotopic (exact) mass is 404 g/mol. The minimum atomic E-state index is -2.90. The van der Waals surface area contributed by atoms with Gasteiger partial charge in [0.2, 0.25) is 0 Å². The van der Waals surface area contributed by atoms with Gasteiger partial charge in [0.15, 0.2) is 9.84 Å². The maximum absolute atomic E-state index is 12.7. The van der Waals surface area contributed by atoms with Crippen LogP contribution in [0.2, 0.25) is 0 Å². The summed E-state index contributed by atoms with van der Waals surface area (Å²) in [5.74, 6) is -2.43. The molecule has 144 valence electrons. The molecule has 0 saturated carbocycles. The van der Waals surface area contributed by atoms with Gasteiger partial charge in [-0.15, -0.1) is 0 Å². The highest BCUT2D eigenvalue weighted by atomic mass is 32.2. The normalized spacial score (nSPS) is 24.0. The van der Waals surface area contributed by atoms with E-state index in [1.54, 1.807) is 18.2 Å². The molecule has 9 heteroatoms. The first-order chi connectivity index (χ1) is 12.3. The Morgan fingerprint density at radius 2 is 1.88 bits per heavy atom. The summed E-state index contributed by atoms with van der Waals surface area (Å²) in [5.41, 5.74) is 0.266. The third-order valence-electron chi connectivity index (χ3n) is 4.94. The third kappa shape index (κ3) is 4.95. The fraction of sp³-hybridized carbons (Fsp3) is 0.588. The van der Waals surface area contributed by atoms with Gasteiger partial charge in [0, 0.05) is 30.1 Å². The molecule has 1 N–H and O–H groups in total. The number of nitrogens with one attached hydrogen (secondary N) is 1. The standard InChI is InChI=1S/C17H22F2N2O3S2/c18-17(19)25-15-4-2-1-3-14(15)16(22)20-12-5-8-21(9-6-12)13-7-10-26(23,24)11-13/h1-4,12-13,17H,5-11H2,(H,20,22). The molecular formula is C17H22F2N2O3S2. The van der Waals surface area contributed by atoms with Crippen molar-refractivity contribution in [3.05, 3.63) is 29.8 Å². The van der Waals surface area contributed by atoms with E-state index in [-0.39, 0.29) is 40.0 Å². The molecule has 0 aromatic heterocycles. The molecule has 2 aliphatic heterocycles. The van der Waals surface area contributed by atoms with Gasteiger partial charge in [0.05, 0.1) is 17.1 Å². The smallest absolute Gasteiger partial charge is 0.288 e. The predicted molar refractivity (Wildman–Crippen MR) is 97.4 cm³/mol. The summed E-state index contributed by atoms with van der Waals surface area (Å²) >= 11 is 0.373. The number of likely N-dealkylation sites (tertiary alicyclic amines) is 1. The molecule has 3 rings (SSSR count). The Kier molecular flexibility index (Phi) is 6.19. The summed E-state index contributed by atoms with van der Waals surface area (Å²) in [4.78, 5) is 14.9. The van der Waals surface area contributed by atoms with E-state index in [1.165, 1.54) is 6.07 Å². The van der Waals surface area contributed by atoms with Crippen molar-refractivity contribution in [2.45, 2.75) is 42.0 Å². The molecule has 26 heavy (non-hydrogen) atoms. The van der Waals surface area contributed by atoms with Gasteiger partial charge in [-0.25, -0.2) is 8.42 Å². The first kappa shape index (κ1) is 19.6. The Morgan fingerprint density at radius 1 is 1.19 bits per heavy atom. The van der Waals surface area contributed by atoms with Crippen molar-refractivity contribution in [3.8, 4) is 0 Å². The summed E-state index contributed by atoms with van der Waals surface area (Å²) in [6, 6.07) is 6.43. The summed E-state index contributed by atoms with van der Waals surface area (Å²) in [6.07, 6.45) is 2.14. The van der Waals surface area contributed by atoms with E-state index in [9.17, 15) is 22.0 Å². The number of alkyl halides is 2. The summed E-state index contributed by atoms with van der Waals surface area (Å²) in [5, 5.41) is 2.93. The molecule has 0 aliphatic carbocycles. The average molecular weight is 405 g/mol. The predicted octanol–water partition coefficient (Wildman–Crippen LogP) is 2.38. The molecule has 0 radical (unpaired) electrons. The minimum Gasteiger partial charge on any atom is -0.349 e. The van der Waals surface area contributed by atoms with Gasteiger partial charge in [-0.1, -0.05) is 23.9 Å².